The maximum atomic E-state index is 12.6. The van der Waals surface area contributed by atoms with E-state index in [9.17, 15) is 9.90 Å². The van der Waals surface area contributed by atoms with Crippen LogP contribution in [0.3, 0.4) is 0 Å². The van der Waals surface area contributed by atoms with E-state index in [0.717, 1.165) is 35.5 Å². The van der Waals surface area contributed by atoms with Crippen LogP contribution in [0.1, 0.15) is 32.6 Å². The van der Waals surface area contributed by atoms with Crippen molar-refractivity contribution < 1.29 is 9.90 Å². The van der Waals surface area contributed by atoms with Gasteiger partial charge in [0.25, 0.3) is 0 Å². The van der Waals surface area contributed by atoms with Crippen molar-refractivity contribution in [1.82, 2.24) is 0 Å². The molecule has 5 atom stereocenters. The summed E-state index contributed by atoms with van der Waals surface area (Å²) >= 11 is 7.29. The molecule has 0 aromatic rings. The van der Waals surface area contributed by atoms with E-state index in [1.54, 1.807) is 0 Å². The largest absolute Gasteiger partial charge is 0.385 e. The minimum atomic E-state index is -0.844. The molecule has 108 valence electrons. The zero-order valence-corrected chi connectivity index (χ0v) is 14.5. The van der Waals surface area contributed by atoms with Crippen LogP contribution in [0.4, 0.5) is 0 Å². The van der Waals surface area contributed by atoms with Gasteiger partial charge >= 0.3 is 0 Å². The van der Waals surface area contributed by atoms with Crippen LogP contribution in [0.25, 0.3) is 0 Å². The molecule has 2 aliphatic carbocycles. The first-order valence-corrected chi connectivity index (χ1v) is 9.21. The number of aliphatic hydroxyl groups is 1. The second-order valence-electron chi connectivity index (χ2n) is 6.21. The molecule has 19 heavy (non-hydrogen) atoms. The summed E-state index contributed by atoms with van der Waals surface area (Å²) in [5.74, 6) is 0.475. The number of hydrogen-bond donors (Lipinski definition) is 1. The summed E-state index contributed by atoms with van der Waals surface area (Å²) in [4.78, 5) is 12.6. The molecule has 2 saturated carbocycles. The monoisotopic (exact) mass is 392 g/mol. The van der Waals surface area contributed by atoms with Crippen molar-refractivity contribution in [2.45, 2.75) is 38.7 Å². The molecular formula is C15H22Br2O2. The van der Waals surface area contributed by atoms with Gasteiger partial charge in [0.1, 0.15) is 6.10 Å². The van der Waals surface area contributed by atoms with Crippen LogP contribution in [-0.2, 0) is 4.79 Å². The Morgan fingerprint density at radius 2 is 2.16 bits per heavy atom. The Morgan fingerprint density at radius 1 is 1.47 bits per heavy atom. The smallest absolute Gasteiger partial charge is 0.165 e. The topological polar surface area (TPSA) is 37.3 Å². The summed E-state index contributed by atoms with van der Waals surface area (Å²) in [6.07, 6.45) is 3.21. The van der Waals surface area contributed by atoms with Crippen LogP contribution in [0.15, 0.2) is 12.2 Å². The Hall–Kier alpha value is 0.330. The summed E-state index contributed by atoms with van der Waals surface area (Å²) in [6, 6.07) is 0. The molecule has 0 bridgehead atoms. The van der Waals surface area contributed by atoms with Gasteiger partial charge in [-0.1, -0.05) is 50.4 Å². The van der Waals surface area contributed by atoms with E-state index in [0.29, 0.717) is 5.92 Å². The molecule has 0 aromatic carbocycles. The lowest BCUT2D eigenvalue weighted by Gasteiger charge is -2.54. The maximum Gasteiger partial charge on any atom is 0.165 e. The van der Waals surface area contributed by atoms with Crippen molar-refractivity contribution in [3.05, 3.63) is 12.2 Å². The Balaban J connectivity index is 2.40. The Kier molecular flexibility index (Phi) is 4.95. The molecule has 0 amide bonds. The zero-order chi connectivity index (χ0) is 14.2. The summed E-state index contributed by atoms with van der Waals surface area (Å²) in [7, 11) is 0. The van der Waals surface area contributed by atoms with E-state index >= 15 is 0 Å². The minimum absolute atomic E-state index is 0.00812. The lowest BCUT2D eigenvalue weighted by atomic mass is 9.52. The number of rotatable bonds is 3. The van der Waals surface area contributed by atoms with E-state index in [1.165, 1.54) is 6.42 Å². The normalized spacial score (nSPS) is 42.8. The summed E-state index contributed by atoms with van der Waals surface area (Å²) in [6.45, 7) is 5.90. The number of aliphatic hydroxyl groups excluding tert-OH is 1. The van der Waals surface area contributed by atoms with E-state index in [-0.39, 0.29) is 23.0 Å². The van der Waals surface area contributed by atoms with E-state index in [1.807, 2.05) is 6.92 Å². The molecule has 4 heteroatoms. The number of hydrogen-bond acceptors (Lipinski definition) is 2. The average Bonchev–Trinajstić information content (AvgIpc) is 2.41. The number of fused-ring (bicyclic) bond motifs is 1. The van der Waals surface area contributed by atoms with Crippen LogP contribution in [0.5, 0.6) is 0 Å². The highest BCUT2D eigenvalue weighted by molar-refractivity contribution is 9.09. The van der Waals surface area contributed by atoms with Gasteiger partial charge in [-0.3, -0.25) is 4.79 Å². The van der Waals surface area contributed by atoms with Crippen molar-refractivity contribution >= 4 is 37.6 Å². The van der Waals surface area contributed by atoms with Gasteiger partial charge in [-0.25, -0.2) is 0 Å². The van der Waals surface area contributed by atoms with Gasteiger partial charge in [-0.2, -0.15) is 0 Å². The maximum absolute atomic E-state index is 12.6. The molecule has 0 aliphatic heterocycles. The fourth-order valence-corrected chi connectivity index (χ4v) is 6.07. The third-order valence-corrected chi connectivity index (χ3v) is 7.06. The van der Waals surface area contributed by atoms with Crippen LogP contribution in [0, 0.1) is 23.2 Å². The van der Waals surface area contributed by atoms with Gasteiger partial charge < -0.3 is 5.11 Å². The molecule has 2 rings (SSSR count). The van der Waals surface area contributed by atoms with Crippen LogP contribution < -0.4 is 0 Å². The summed E-state index contributed by atoms with van der Waals surface area (Å²) < 4.78 is 0. The van der Waals surface area contributed by atoms with Gasteiger partial charge in [0, 0.05) is 22.5 Å². The molecule has 0 spiro atoms. The molecule has 0 saturated heterocycles. The Bertz CT molecular complexity index is 382. The summed E-state index contributed by atoms with van der Waals surface area (Å²) in [5, 5.41) is 12.0. The molecule has 1 N–H and O–H groups in total. The molecule has 5 unspecified atom stereocenters. The quantitative estimate of drug-likeness (QED) is 0.586. The molecule has 2 aliphatic rings. The fourth-order valence-electron chi connectivity index (χ4n) is 4.02. The Morgan fingerprint density at radius 3 is 2.68 bits per heavy atom. The molecule has 0 aromatic heterocycles. The van der Waals surface area contributed by atoms with Crippen molar-refractivity contribution in [3.8, 4) is 0 Å². The zero-order valence-electron chi connectivity index (χ0n) is 11.4. The van der Waals surface area contributed by atoms with E-state index in [2.05, 4.69) is 38.4 Å². The first kappa shape index (κ1) is 15.7. The second kappa shape index (κ2) is 5.98. The van der Waals surface area contributed by atoms with Gasteiger partial charge in [0.2, 0.25) is 0 Å². The highest BCUT2D eigenvalue weighted by Crippen LogP contribution is 2.56. The van der Waals surface area contributed by atoms with Crippen molar-refractivity contribution in [2.24, 2.45) is 23.2 Å². The molecule has 2 fully saturated rings. The van der Waals surface area contributed by atoms with Crippen LogP contribution >= 0.6 is 31.9 Å². The third-order valence-electron chi connectivity index (χ3n) is 5.24. The lowest BCUT2D eigenvalue weighted by molar-refractivity contribution is -0.150. The number of carbonyl (C=O) groups is 1. The number of carbonyl (C=O) groups excluding carboxylic acids is 1. The summed E-state index contributed by atoms with van der Waals surface area (Å²) in [5.41, 5.74) is 0.917. The highest BCUT2D eigenvalue weighted by atomic mass is 79.9. The van der Waals surface area contributed by atoms with Gasteiger partial charge in [-0.15, -0.1) is 0 Å². The van der Waals surface area contributed by atoms with Crippen molar-refractivity contribution in [2.75, 3.05) is 10.7 Å². The predicted molar refractivity (Wildman–Crippen MR) is 84.8 cm³/mol. The highest BCUT2D eigenvalue weighted by Gasteiger charge is 2.56. The third kappa shape index (κ3) is 2.49. The molecular weight excluding hydrogens is 372 g/mol. The second-order valence-corrected chi connectivity index (χ2v) is 7.41. The molecule has 2 nitrogen and oxygen atoms in total. The molecule has 0 heterocycles. The van der Waals surface area contributed by atoms with Gasteiger partial charge in [0.05, 0.1) is 0 Å². The predicted octanol–water partition coefficient (Wildman–Crippen LogP) is 3.70. The SMILES string of the molecule is C=C(C)C1CC2(CBr)C(CBr)CCCC2C(=O)C1O. The first-order valence-electron chi connectivity index (χ1n) is 6.97. The number of ketones is 1. The van der Waals surface area contributed by atoms with Gasteiger partial charge in [-0.05, 0) is 37.5 Å². The number of halogens is 2. The average molecular weight is 394 g/mol. The number of alkyl halides is 2. The van der Waals surface area contributed by atoms with Crippen LogP contribution in [0.2, 0.25) is 0 Å². The standard InChI is InChI=1S/C15H22Br2O2/c1-9(2)11-6-15(8-17)10(7-16)4-3-5-12(15)14(19)13(11)18/h10-13,18H,1,3-8H2,2H3. The van der Waals surface area contributed by atoms with Crippen molar-refractivity contribution in [3.63, 3.8) is 0 Å². The van der Waals surface area contributed by atoms with Gasteiger partial charge in [0.15, 0.2) is 5.78 Å². The van der Waals surface area contributed by atoms with Crippen molar-refractivity contribution in [1.29, 1.82) is 0 Å². The number of Topliss-reactive ketones (excluding diaryl/α,β-unsaturated/α-hetero) is 1. The Labute approximate surface area is 132 Å². The van der Waals surface area contributed by atoms with E-state index < -0.39 is 6.10 Å². The minimum Gasteiger partial charge on any atom is -0.385 e. The van der Waals surface area contributed by atoms with Crippen LogP contribution in [-0.4, -0.2) is 27.7 Å². The van der Waals surface area contributed by atoms with E-state index in [4.69, 9.17) is 0 Å². The first-order chi connectivity index (χ1) is 8.97. The molecule has 0 radical (unpaired) electrons. The lowest BCUT2D eigenvalue weighted by Crippen LogP contribution is -2.56. The fraction of sp³-hybridized carbons (Fsp3) is 0.800.